The van der Waals surface area contributed by atoms with E-state index in [2.05, 4.69) is 5.32 Å². The molecule has 1 rings (SSSR count). The summed E-state index contributed by atoms with van der Waals surface area (Å²) in [6.07, 6.45) is 0. The maximum absolute atomic E-state index is 12.2. The van der Waals surface area contributed by atoms with Crippen LogP contribution in [0.5, 0.6) is 0 Å². The van der Waals surface area contributed by atoms with Crippen molar-refractivity contribution in [1.29, 1.82) is 0 Å². The van der Waals surface area contributed by atoms with Crippen molar-refractivity contribution < 1.29 is 9.53 Å². The summed E-state index contributed by atoms with van der Waals surface area (Å²) < 4.78 is 5.10. The molecule has 0 fully saturated rings. The number of nitrogens with zero attached hydrogens (tertiary/aromatic N) is 1. The third kappa shape index (κ3) is 4.22. The molecule has 0 saturated carbocycles. The van der Waals surface area contributed by atoms with E-state index in [1.54, 1.807) is 19.2 Å². The van der Waals surface area contributed by atoms with Gasteiger partial charge in [0.2, 0.25) is 5.91 Å². The zero-order valence-electron chi connectivity index (χ0n) is 12.0. The van der Waals surface area contributed by atoms with E-state index in [1.807, 2.05) is 37.9 Å². The second-order valence-electron chi connectivity index (χ2n) is 4.72. The molecule has 2 unspecified atom stereocenters. The maximum atomic E-state index is 12.2. The van der Waals surface area contributed by atoms with Crippen molar-refractivity contribution in [2.75, 3.05) is 31.8 Å². The first kappa shape index (κ1) is 15.5. The van der Waals surface area contributed by atoms with Gasteiger partial charge in [-0.15, -0.1) is 0 Å². The molecule has 1 aromatic carbocycles. The molecular formula is C14H23N3O2. The van der Waals surface area contributed by atoms with Gasteiger partial charge in [0.05, 0.1) is 24.0 Å². The molecule has 0 aromatic heterocycles. The van der Waals surface area contributed by atoms with Gasteiger partial charge in [-0.3, -0.25) is 9.69 Å². The van der Waals surface area contributed by atoms with Crippen LogP contribution in [0.2, 0.25) is 0 Å². The lowest BCUT2D eigenvalue weighted by molar-refractivity contribution is -0.121. The first-order valence-electron chi connectivity index (χ1n) is 6.33. The van der Waals surface area contributed by atoms with Gasteiger partial charge < -0.3 is 15.8 Å². The molecule has 0 saturated heterocycles. The zero-order valence-corrected chi connectivity index (χ0v) is 12.0. The lowest BCUT2D eigenvalue weighted by Crippen LogP contribution is -2.45. The van der Waals surface area contributed by atoms with Crippen LogP contribution in [0.25, 0.3) is 0 Å². The Balaban J connectivity index is 2.65. The molecule has 3 N–H and O–H groups in total. The Morgan fingerprint density at radius 1 is 1.42 bits per heavy atom. The summed E-state index contributed by atoms with van der Waals surface area (Å²) in [5.41, 5.74) is 7.02. The zero-order chi connectivity index (χ0) is 14.4. The molecule has 0 bridgehead atoms. The van der Waals surface area contributed by atoms with Gasteiger partial charge in [-0.25, -0.2) is 0 Å². The van der Waals surface area contributed by atoms with E-state index in [0.717, 1.165) is 0 Å². The van der Waals surface area contributed by atoms with Gasteiger partial charge in [0.1, 0.15) is 0 Å². The number of methoxy groups -OCH3 is 1. The number of hydrogen-bond donors (Lipinski definition) is 2. The Morgan fingerprint density at radius 3 is 2.63 bits per heavy atom. The predicted molar refractivity (Wildman–Crippen MR) is 78.0 cm³/mol. The van der Waals surface area contributed by atoms with Gasteiger partial charge in [0.25, 0.3) is 0 Å². The minimum Gasteiger partial charge on any atom is -0.397 e. The fourth-order valence-corrected chi connectivity index (χ4v) is 1.77. The number of amides is 1. The van der Waals surface area contributed by atoms with E-state index in [1.165, 1.54) is 0 Å². The number of hydrogen-bond acceptors (Lipinski definition) is 4. The van der Waals surface area contributed by atoms with Crippen molar-refractivity contribution in [3.8, 4) is 0 Å². The summed E-state index contributed by atoms with van der Waals surface area (Å²) in [6.45, 7) is 4.46. The molecule has 0 aliphatic carbocycles. The second-order valence-corrected chi connectivity index (χ2v) is 4.72. The summed E-state index contributed by atoms with van der Waals surface area (Å²) in [7, 11) is 3.56. The van der Waals surface area contributed by atoms with E-state index < -0.39 is 0 Å². The van der Waals surface area contributed by atoms with Crippen LogP contribution in [0.1, 0.15) is 13.8 Å². The lowest BCUT2D eigenvalue weighted by atomic mass is 10.2. The number of nitrogens with two attached hydrogens (primary N) is 1. The summed E-state index contributed by atoms with van der Waals surface area (Å²) >= 11 is 0. The van der Waals surface area contributed by atoms with Gasteiger partial charge in [0.15, 0.2) is 0 Å². The van der Waals surface area contributed by atoms with Crippen LogP contribution >= 0.6 is 0 Å². The van der Waals surface area contributed by atoms with Crippen LogP contribution in [0.4, 0.5) is 11.4 Å². The number of benzene rings is 1. The minimum atomic E-state index is -0.259. The molecule has 2 atom stereocenters. The number of anilines is 2. The van der Waals surface area contributed by atoms with Gasteiger partial charge in [-0.05, 0) is 33.0 Å². The molecular weight excluding hydrogens is 242 g/mol. The highest BCUT2D eigenvalue weighted by Gasteiger charge is 2.22. The van der Waals surface area contributed by atoms with Crippen molar-refractivity contribution in [1.82, 2.24) is 4.90 Å². The Labute approximate surface area is 114 Å². The number of nitrogen functional groups attached to an aromatic ring is 1. The minimum absolute atomic E-state index is 0.0802. The summed E-state index contributed by atoms with van der Waals surface area (Å²) in [5, 5.41) is 2.84. The molecule has 0 spiro atoms. The number of carbonyl (C=O) groups excluding carboxylic acids is 1. The number of rotatable bonds is 6. The summed E-state index contributed by atoms with van der Waals surface area (Å²) in [5.74, 6) is -0.0802. The second kappa shape index (κ2) is 7.11. The van der Waals surface area contributed by atoms with E-state index in [4.69, 9.17) is 10.5 Å². The van der Waals surface area contributed by atoms with Crippen molar-refractivity contribution in [2.45, 2.75) is 25.9 Å². The first-order valence-corrected chi connectivity index (χ1v) is 6.33. The Morgan fingerprint density at radius 2 is 2.05 bits per heavy atom. The van der Waals surface area contributed by atoms with Crippen molar-refractivity contribution in [3.05, 3.63) is 24.3 Å². The number of nitrogens with one attached hydrogen (secondary N) is 1. The van der Waals surface area contributed by atoms with Crippen LogP contribution < -0.4 is 11.1 Å². The van der Waals surface area contributed by atoms with E-state index >= 15 is 0 Å². The van der Waals surface area contributed by atoms with Crippen molar-refractivity contribution >= 4 is 17.3 Å². The lowest BCUT2D eigenvalue weighted by Gasteiger charge is -2.29. The van der Waals surface area contributed by atoms with Crippen LogP contribution in [0.15, 0.2) is 24.3 Å². The number of para-hydroxylation sites is 2. The van der Waals surface area contributed by atoms with Gasteiger partial charge in [-0.1, -0.05) is 12.1 Å². The van der Waals surface area contributed by atoms with E-state index in [9.17, 15) is 4.79 Å². The Kier molecular flexibility index (Phi) is 5.79. The number of ether oxygens (including phenoxy) is 1. The first-order chi connectivity index (χ1) is 8.97. The smallest absolute Gasteiger partial charge is 0.241 e. The van der Waals surface area contributed by atoms with Crippen LogP contribution in [0, 0.1) is 0 Å². The Hall–Kier alpha value is -1.59. The topological polar surface area (TPSA) is 67.6 Å². The highest BCUT2D eigenvalue weighted by Crippen LogP contribution is 2.17. The summed E-state index contributed by atoms with van der Waals surface area (Å²) in [4.78, 5) is 14.1. The quantitative estimate of drug-likeness (QED) is 0.766. The fraction of sp³-hybridized carbons (Fsp3) is 0.500. The SMILES string of the molecule is COCC(C)N(C)C(C)C(=O)Nc1ccccc1N. The number of carbonyl (C=O) groups is 1. The van der Waals surface area contributed by atoms with Crippen molar-refractivity contribution in [2.24, 2.45) is 0 Å². The molecule has 1 aromatic rings. The molecule has 0 radical (unpaired) electrons. The predicted octanol–water partition coefficient (Wildman–Crippen LogP) is 1.56. The normalized spacial score (nSPS) is 14.2. The number of likely N-dealkylation sites (N-methyl/N-ethyl adjacent to an activating group) is 1. The van der Waals surface area contributed by atoms with Gasteiger partial charge in [0, 0.05) is 13.2 Å². The maximum Gasteiger partial charge on any atom is 0.241 e. The van der Waals surface area contributed by atoms with Crippen LogP contribution in [0.3, 0.4) is 0 Å². The van der Waals surface area contributed by atoms with E-state index in [-0.39, 0.29) is 18.0 Å². The van der Waals surface area contributed by atoms with E-state index in [0.29, 0.717) is 18.0 Å². The highest BCUT2D eigenvalue weighted by atomic mass is 16.5. The molecule has 5 nitrogen and oxygen atoms in total. The molecule has 0 heterocycles. The average molecular weight is 265 g/mol. The molecule has 106 valence electrons. The van der Waals surface area contributed by atoms with Crippen LogP contribution in [-0.4, -0.2) is 43.7 Å². The van der Waals surface area contributed by atoms with Crippen molar-refractivity contribution in [3.63, 3.8) is 0 Å². The molecule has 5 heteroatoms. The highest BCUT2D eigenvalue weighted by molar-refractivity contribution is 5.97. The molecule has 1 amide bonds. The van der Waals surface area contributed by atoms with Crippen LogP contribution in [-0.2, 0) is 9.53 Å². The van der Waals surface area contributed by atoms with Gasteiger partial charge >= 0.3 is 0 Å². The monoisotopic (exact) mass is 265 g/mol. The fourth-order valence-electron chi connectivity index (χ4n) is 1.77. The van der Waals surface area contributed by atoms with Gasteiger partial charge in [-0.2, -0.15) is 0 Å². The third-order valence-electron chi connectivity index (χ3n) is 3.31. The molecule has 0 aliphatic rings. The molecule has 0 aliphatic heterocycles. The third-order valence-corrected chi connectivity index (χ3v) is 3.31. The summed E-state index contributed by atoms with van der Waals surface area (Å²) in [6, 6.07) is 7.13. The molecule has 19 heavy (non-hydrogen) atoms. The largest absolute Gasteiger partial charge is 0.397 e. The standard InChI is InChI=1S/C14H23N3O2/c1-10(9-19-4)17(3)11(2)14(18)16-13-8-6-5-7-12(13)15/h5-8,10-11H,9,15H2,1-4H3,(H,16,18). The Bertz CT molecular complexity index is 423. The average Bonchev–Trinajstić information content (AvgIpc) is 2.39.